The van der Waals surface area contributed by atoms with Crippen LogP contribution in [-0.2, 0) is 16.0 Å². The first-order valence-corrected chi connectivity index (χ1v) is 14.6. The van der Waals surface area contributed by atoms with Crippen LogP contribution >= 0.6 is 0 Å². The Morgan fingerprint density at radius 1 is 0.767 bits per heavy atom. The number of nitrogens with two attached hydrogens (primary N) is 1. The normalized spacial score (nSPS) is 10.7. The van der Waals surface area contributed by atoms with E-state index in [9.17, 15) is 14.4 Å². The van der Waals surface area contributed by atoms with Crippen LogP contribution in [0.3, 0.4) is 0 Å². The Morgan fingerprint density at radius 2 is 1.40 bits per heavy atom. The molecule has 0 radical (unpaired) electrons. The monoisotopic (exact) mass is 578 g/mol. The molecule has 2 amide bonds. The maximum atomic E-state index is 13.8. The van der Waals surface area contributed by atoms with Gasteiger partial charge in [0.2, 0.25) is 5.91 Å². The minimum atomic E-state index is -0.530. The highest BCUT2D eigenvalue weighted by Gasteiger charge is 2.20. The summed E-state index contributed by atoms with van der Waals surface area (Å²) in [6.45, 7) is 3.02. The molecule has 0 saturated heterocycles. The average Bonchev–Trinajstić information content (AvgIpc) is 3.04. The zero-order valence-electron chi connectivity index (χ0n) is 24.5. The van der Waals surface area contributed by atoms with Crippen molar-refractivity contribution in [3.8, 4) is 5.75 Å². The largest absolute Gasteiger partial charge is 0.482 e. The third kappa shape index (κ3) is 9.30. The van der Waals surface area contributed by atoms with Gasteiger partial charge in [0.1, 0.15) is 5.75 Å². The first kappa shape index (κ1) is 31.0. The number of ether oxygens (including phenoxy) is 2. The summed E-state index contributed by atoms with van der Waals surface area (Å²) < 4.78 is 10.5. The molecule has 0 saturated carbocycles. The number of aryl methyl sites for hydroxylation is 1. The smallest absolute Gasteiger partial charge is 0.344 e. The Kier molecular flexibility index (Phi) is 11.5. The van der Waals surface area contributed by atoms with Gasteiger partial charge in [0.05, 0.1) is 6.61 Å². The van der Waals surface area contributed by atoms with Crippen molar-refractivity contribution in [2.75, 3.05) is 26.3 Å². The summed E-state index contributed by atoms with van der Waals surface area (Å²) in [4.78, 5) is 38.9. The maximum absolute atomic E-state index is 13.8. The molecule has 4 rings (SSSR count). The number of benzene rings is 4. The molecule has 0 aliphatic heterocycles. The summed E-state index contributed by atoms with van der Waals surface area (Å²) in [5.74, 6) is -0.305. The lowest BCUT2D eigenvalue weighted by molar-refractivity contribution is -0.145. The second-order valence-electron chi connectivity index (χ2n) is 10.2. The average molecular weight is 579 g/mol. The molecule has 0 aliphatic carbocycles. The lowest BCUT2D eigenvalue weighted by Crippen LogP contribution is -2.34. The fraction of sp³-hybridized carbons (Fsp3) is 0.250. The van der Waals surface area contributed by atoms with E-state index in [4.69, 9.17) is 15.2 Å². The van der Waals surface area contributed by atoms with Crippen molar-refractivity contribution < 1.29 is 23.9 Å². The van der Waals surface area contributed by atoms with E-state index in [1.54, 1.807) is 31.2 Å². The van der Waals surface area contributed by atoms with Crippen molar-refractivity contribution in [2.45, 2.75) is 32.1 Å². The van der Waals surface area contributed by atoms with Crippen LogP contribution in [0.5, 0.6) is 5.75 Å². The molecular weight excluding hydrogens is 540 g/mol. The molecule has 4 aromatic carbocycles. The van der Waals surface area contributed by atoms with E-state index < -0.39 is 11.9 Å². The molecule has 2 N–H and O–H groups in total. The van der Waals surface area contributed by atoms with Crippen LogP contribution in [0.15, 0.2) is 109 Å². The number of hydrogen-bond donors (Lipinski definition) is 1. The summed E-state index contributed by atoms with van der Waals surface area (Å²) in [6.07, 6.45) is 2.20. The first-order valence-electron chi connectivity index (χ1n) is 14.6. The molecule has 43 heavy (non-hydrogen) atoms. The Morgan fingerprint density at radius 3 is 2.00 bits per heavy atom. The Labute approximate surface area is 253 Å². The molecule has 0 spiro atoms. The van der Waals surface area contributed by atoms with Gasteiger partial charge in [0, 0.05) is 30.1 Å². The number of rotatable bonds is 15. The molecule has 0 unspecified atom stereocenters. The van der Waals surface area contributed by atoms with Crippen LogP contribution in [0.2, 0.25) is 0 Å². The Bertz CT molecular complexity index is 1430. The van der Waals surface area contributed by atoms with Crippen molar-refractivity contribution in [1.29, 1.82) is 0 Å². The summed E-state index contributed by atoms with van der Waals surface area (Å²) in [5.41, 5.74) is 9.72. The highest BCUT2D eigenvalue weighted by molar-refractivity contribution is 5.97. The second-order valence-corrected chi connectivity index (χ2v) is 10.2. The van der Waals surface area contributed by atoms with Gasteiger partial charge in [-0.3, -0.25) is 9.59 Å². The number of amides is 2. The zero-order valence-corrected chi connectivity index (χ0v) is 24.5. The summed E-state index contributed by atoms with van der Waals surface area (Å²) in [6, 6.07) is 34.8. The lowest BCUT2D eigenvalue weighted by Gasteiger charge is -2.26. The van der Waals surface area contributed by atoms with Gasteiger partial charge in [0.25, 0.3) is 5.91 Å². The molecule has 7 nitrogen and oxygen atoms in total. The van der Waals surface area contributed by atoms with E-state index in [-0.39, 0.29) is 18.4 Å². The van der Waals surface area contributed by atoms with Gasteiger partial charge >= 0.3 is 5.97 Å². The van der Waals surface area contributed by atoms with E-state index in [0.717, 1.165) is 24.8 Å². The lowest BCUT2D eigenvalue weighted by atomic mass is 9.88. The molecule has 222 valence electrons. The third-order valence-electron chi connectivity index (χ3n) is 7.25. The van der Waals surface area contributed by atoms with E-state index in [2.05, 4.69) is 24.3 Å². The predicted molar refractivity (Wildman–Crippen MR) is 167 cm³/mol. The molecule has 0 aliphatic rings. The molecule has 4 aromatic rings. The van der Waals surface area contributed by atoms with Crippen LogP contribution in [0.25, 0.3) is 0 Å². The minimum absolute atomic E-state index is 0.0950. The Balaban J connectivity index is 1.48. The van der Waals surface area contributed by atoms with Gasteiger partial charge in [-0.1, -0.05) is 72.8 Å². The fourth-order valence-corrected chi connectivity index (χ4v) is 5.07. The predicted octanol–water partition coefficient (Wildman–Crippen LogP) is 6.02. The standard InChI is InChI=1S/C36H38N2O5/c1-2-42-34(39)26-43-32-17-9-11-27(25-32)12-10-23-38(36(41)31-20-18-30(19-21-31)35(37)40)24-22-33(28-13-5-3-6-14-28)29-15-7-4-8-16-29/h3-9,11,13-21,25,33H,2,10,12,22-24,26H2,1H3,(H2,37,40). The molecule has 0 aromatic heterocycles. The van der Waals surface area contributed by atoms with Crippen molar-refractivity contribution in [1.82, 2.24) is 4.90 Å². The number of nitrogens with zero attached hydrogens (tertiary/aromatic N) is 1. The number of primary amides is 1. The maximum Gasteiger partial charge on any atom is 0.344 e. The van der Waals surface area contributed by atoms with Crippen LogP contribution in [0, 0.1) is 0 Å². The van der Waals surface area contributed by atoms with Gasteiger partial charge in [-0.15, -0.1) is 0 Å². The third-order valence-corrected chi connectivity index (χ3v) is 7.25. The van der Waals surface area contributed by atoms with Crippen molar-refractivity contribution >= 4 is 17.8 Å². The summed E-state index contributed by atoms with van der Waals surface area (Å²) >= 11 is 0. The van der Waals surface area contributed by atoms with Crippen molar-refractivity contribution in [3.05, 3.63) is 137 Å². The summed E-state index contributed by atoms with van der Waals surface area (Å²) in [7, 11) is 0. The minimum Gasteiger partial charge on any atom is -0.482 e. The quantitative estimate of drug-likeness (QED) is 0.174. The van der Waals surface area contributed by atoms with Gasteiger partial charge in [-0.05, 0) is 79.3 Å². The number of hydrogen-bond acceptors (Lipinski definition) is 5. The van der Waals surface area contributed by atoms with Crippen LogP contribution in [-0.4, -0.2) is 49.0 Å². The fourth-order valence-electron chi connectivity index (χ4n) is 5.07. The van der Waals surface area contributed by atoms with Gasteiger partial charge < -0.3 is 20.1 Å². The molecule has 7 heteroatoms. The highest BCUT2D eigenvalue weighted by Crippen LogP contribution is 2.28. The van der Waals surface area contributed by atoms with Crippen LogP contribution in [0.4, 0.5) is 0 Å². The van der Waals surface area contributed by atoms with Gasteiger partial charge in [-0.2, -0.15) is 0 Å². The zero-order chi connectivity index (χ0) is 30.4. The number of esters is 1. The first-order chi connectivity index (χ1) is 20.9. The van der Waals surface area contributed by atoms with Gasteiger partial charge in [-0.25, -0.2) is 4.79 Å². The SMILES string of the molecule is CCOC(=O)COc1cccc(CCCN(CCC(c2ccccc2)c2ccccc2)C(=O)c2ccc(C(N)=O)cc2)c1. The van der Waals surface area contributed by atoms with Crippen LogP contribution in [0.1, 0.15) is 63.1 Å². The number of carbonyl (C=O) groups excluding carboxylic acids is 3. The summed E-state index contributed by atoms with van der Waals surface area (Å²) in [5, 5.41) is 0. The van der Waals surface area contributed by atoms with Crippen molar-refractivity contribution in [3.63, 3.8) is 0 Å². The highest BCUT2D eigenvalue weighted by atomic mass is 16.6. The van der Waals surface area contributed by atoms with E-state index in [1.165, 1.54) is 11.1 Å². The molecule has 0 atom stereocenters. The molecule has 0 heterocycles. The second kappa shape index (κ2) is 15.9. The topological polar surface area (TPSA) is 98.9 Å². The van der Waals surface area contributed by atoms with Gasteiger partial charge in [0.15, 0.2) is 6.61 Å². The van der Waals surface area contributed by atoms with Crippen molar-refractivity contribution in [2.24, 2.45) is 5.73 Å². The molecular formula is C36H38N2O5. The van der Waals surface area contributed by atoms with Crippen LogP contribution < -0.4 is 10.5 Å². The molecule has 0 bridgehead atoms. The van der Waals surface area contributed by atoms with E-state index >= 15 is 0 Å². The van der Waals surface area contributed by atoms with E-state index in [0.29, 0.717) is 36.6 Å². The Hall–Kier alpha value is -4.91. The number of carbonyl (C=O) groups is 3. The van der Waals surface area contributed by atoms with E-state index in [1.807, 2.05) is 65.6 Å². The molecule has 0 fully saturated rings.